The molecule has 7 nitrogen and oxygen atoms in total. The first kappa shape index (κ1) is 15.8. The Bertz CT molecular complexity index is 759. The fourth-order valence-electron chi connectivity index (χ4n) is 2.48. The molecule has 1 aliphatic heterocycles. The molecule has 23 heavy (non-hydrogen) atoms. The second-order valence-electron chi connectivity index (χ2n) is 4.93. The summed E-state index contributed by atoms with van der Waals surface area (Å²) < 4.78 is 13.7. The van der Waals surface area contributed by atoms with Crippen molar-refractivity contribution in [3.63, 3.8) is 0 Å². The van der Waals surface area contributed by atoms with Crippen molar-refractivity contribution in [2.75, 3.05) is 19.0 Å². The van der Waals surface area contributed by atoms with Gasteiger partial charge in [0.2, 0.25) is 11.9 Å². The molecule has 1 N–H and O–H groups in total. The number of anilines is 1. The molecule has 0 saturated carbocycles. The van der Waals surface area contributed by atoms with Crippen molar-refractivity contribution >= 4 is 34.4 Å². The van der Waals surface area contributed by atoms with Gasteiger partial charge < -0.3 is 9.47 Å². The van der Waals surface area contributed by atoms with Crippen molar-refractivity contribution in [3.8, 4) is 11.5 Å². The van der Waals surface area contributed by atoms with Crippen molar-refractivity contribution in [2.24, 2.45) is 0 Å². The molecule has 1 aliphatic rings. The Labute approximate surface area is 146 Å². The van der Waals surface area contributed by atoms with Gasteiger partial charge in [-0.2, -0.15) is 10.1 Å². The lowest BCUT2D eigenvalue weighted by atomic mass is 10.0. The summed E-state index contributed by atoms with van der Waals surface area (Å²) in [5, 5.41) is 6.91. The molecular formula is C15H15IN4O3. The third-order valence-electron chi connectivity index (χ3n) is 3.48. The van der Waals surface area contributed by atoms with Crippen molar-refractivity contribution in [3.05, 3.63) is 40.2 Å². The van der Waals surface area contributed by atoms with E-state index in [4.69, 9.17) is 9.47 Å². The number of carbonyl (C=O) groups is 1. The molecule has 0 spiro atoms. The molecule has 1 amide bonds. The third-order valence-corrected chi connectivity index (χ3v) is 4.28. The summed E-state index contributed by atoms with van der Waals surface area (Å²) >= 11 is 2.19. The summed E-state index contributed by atoms with van der Waals surface area (Å²) in [6.07, 6.45) is 3.40. The number of amides is 1. The average Bonchev–Trinajstić information content (AvgIpc) is 3.00. The van der Waals surface area contributed by atoms with Gasteiger partial charge in [-0.25, -0.2) is 4.68 Å². The average molecular weight is 426 g/mol. The number of rotatable bonds is 5. The summed E-state index contributed by atoms with van der Waals surface area (Å²) in [6, 6.07) is 3.61. The molecule has 0 aliphatic carbocycles. The van der Waals surface area contributed by atoms with Crippen LogP contribution < -0.4 is 14.8 Å². The van der Waals surface area contributed by atoms with Gasteiger partial charge in [-0.05, 0) is 40.3 Å². The van der Waals surface area contributed by atoms with Gasteiger partial charge in [0.05, 0.1) is 23.1 Å². The normalized spacial score (nSPS) is 16.4. The van der Waals surface area contributed by atoms with Crippen LogP contribution in [0.1, 0.15) is 18.0 Å². The van der Waals surface area contributed by atoms with E-state index in [-0.39, 0.29) is 11.9 Å². The van der Waals surface area contributed by atoms with Crippen LogP contribution in [0.5, 0.6) is 11.5 Å². The fourth-order valence-corrected chi connectivity index (χ4v) is 3.26. The van der Waals surface area contributed by atoms with Gasteiger partial charge >= 0.3 is 0 Å². The topological polar surface area (TPSA) is 78.3 Å². The van der Waals surface area contributed by atoms with E-state index in [2.05, 4.69) is 44.6 Å². The maximum atomic E-state index is 11.9. The van der Waals surface area contributed by atoms with Crippen LogP contribution in [0.2, 0.25) is 0 Å². The predicted octanol–water partition coefficient (Wildman–Crippen LogP) is 2.39. The molecule has 1 aromatic heterocycles. The highest BCUT2D eigenvalue weighted by atomic mass is 127. The van der Waals surface area contributed by atoms with E-state index < -0.39 is 0 Å². The summed E-state index contributed by atoms with van der Waals surface area (Å²) in [6.45, 7) is 4.04. The summed E-state index contributed by atoms with van der Waals surface area (Å²) in [5.41, 5.74) is 0.916. The van der Waals surface area contributed by atoms with E-state index in [9.17, 15) is 4.79 Å². The lowest BCUT2D eigenvalue weighted by molar-refractivity contribution is -0.117. The number of benzene rings is 1. The lowest BCUT2D eigenvalue weighted by Crippen LogP contribution is -2.29. The lowest BCUT2D eigenvalue weighted by Gasteiger charge is -2.24. The highest BCUT2D eigenvalue weighted by Gasteiger charge is 2.29. The summed E-state index contributed by atoms with van der Waals surface area (Å²) in [7, 11) is 1.59. The van der Waals surface area contributed by atoms with Crippen LogP contribution in [-0.4, -0.2) is 34.4 Å². The van der Waals surface area contributed by atoms with E-state index >= 15 is 0 Å². The molecule has 120 valence electrons. The molecule has 0 fully saturated rings. The minimum Gasteiger partial charge on any atom is -0.493 e. The number of carbonyl (C=O) groups excluding carboxylic acids is 1. The van der Waals surface area contributed by atoms with E-state index in [1.165, 1.54) is 6.33 Å². The van der Waals surface area contributed by atoms with Crippen LogP contribution in [0.4, 0.5) is 5.95 Å². The zero-order valence-corrected chi connectivity index (χ0v) is 14.6. The van der Waals surface area contributed by atoms with Crippen molar-refractivity contribution < 1.29 is 14.3 Å². The highest BCUT2D eigenvalue weighted by Crippen LogP contribution is 2.38. The molecule has 3 rings (SSSR count). The molecule has 8 heteroatoms. The Kier molecular flexibility index (Phi) is 4.51. The first-order chi connectivity index (χ1) is 11.1. The minimum absolute atomic E-state index is 0.0866. The maximum Gasteiger partial charge on any atom is 0.229 e. The van der Waals surface area contributed by atoms with Crippen molar-refractivity contribution in [1.82, 2.24) is 14.8 Å². The van der Waals surface area contributed by atoms with Crippen LogP contribution in [-0.2, 0) is 4.79 Å². The molecule has 1 atom stereocenters. The highest BCUT2D eigenvalue weighted by molar-refractivity contribution is 14.1. The Morgan fingerprint density at radius 2 is 2.39 bits per heavy atom. The number of fused-ring (bicyclic) bond motifs is 1. The number of halogens is 1. The predicted molar refractivity (Wildman–Crippen MR) is 92.8 cm³/mol. The molecule has 2 heterocycles. The second kappa shape index (κ2) is 6.57. The summed E-state index contributed by atoms with van der Waals surface area (Å²) in [5.74, 6) is 1.64. The zero-order valence-electron chi connectivity index (χ0n) is 12.5. The number of hydrogen-bond donors (Lipinski definition) is 1. The number of aromatic nitrogens is 3. The number of ether oxygens (including phenoxy) is 2. The Morgan fingerprint density at radius 3 is 3.13 bits per heavy atom. The van der Waals surface area contributed by atoms with E-state index in [0.29, 0.717) is 30.5 Å². The van der Waals surface area contributed by atoms with Crippen molar-refractivity contribution in [1.29, 1.82) is 0 Å². The first-order valence-electron chi connectivity index (χ1n) is 6.94. The maximum absolute atomic E-state index is 11.9. The Hall–Kier alpha value is -2.10. The SMILES string of the molecule is C=CCOc1c(I)cc(C2CC(=O)Nc3ncnn32)cc1OC. The number of nitrogens with zero attached hydrogens (tertiary/aromatic N) is 3. The van der Waals surface area contributed by atoms with Crippen LogP contribution >= 0.6 is 22.6 Å². The number of nitrogens with one attached hydrogen (secondary N) is 1. The van der Waals surface area contributed by atoms with Crippen LogP contribution in [0.25, 0.3) is 0 Å². The van der Waals surface area contributed by atoms with Gasteiger partial charge in [-0.15, -0.1) is 0 Å². The Balaban J connectivity index is 2.03. The molecule has 1 aromatic carbocycles. The van der Waals surface area contributed by atoms with Gasteiger partial charge in [0.15, 0.2) is 11.5 Å². The van der Waals surface area contributed by atoms with Crippen LogP contribution in [0, 0.1) is 3.57 Å². The molecule has 0 radical (unpaired) electrons. The van der Waals surface area contributed by atoms with Gasteiger partial charge in [0, 0.05) is 0 Å². The van der Waals surface area contributed by atoms with E-state index in [0.717, 1.165) is 9.13 Å². The van der Waals surface area contributed by atoms with Crippen LogP contribution in [0.3, 0.4) is 0 Å². The second-order valence-corrected chi connectivity index (χ2v) is 6.09. The smallest absolute Gasteiger partial charge is 0.229 e. The van der Waals surface area contributed by atoms with Gasteiger partial charge in [0.25, 0.3) is 0 Å². The van der Waals surface area contributed by atoms with E-state index in [1.54, 1.807) is 17.9 Å². The number of hydrogen-bond acceptors (Lipinski definition) is 5. The van der Waals surface area contributed by atoms with E-state index in [1.807, 2.05) is 12.1 Å². The standard InChI is InChI=1S/C15H15IN4O3/c1-3-4-23-14-10(16)5-9(6-12(14)22-2)11-7-13(21)19-15-17-8-18-20(11)15/h3,5-6,8,11H,1,4,7H2,2H3,(H,17,18,19,21). The first-order valence-corrected chi connectivity index (χ1v) is 8.02. The molecule has 2 aromatic rings. The van der Waals surface area contributed by atoms with Crippen molar-refractivity contribution in [2.45, 2.75) is 12.5 Å². The molecule has 1 unspecified atom stereocenters. The largest absolute Gasteiger partial charge is 0.493 e. The third kappa shape index (κ3) is 3.03. The fraction of sp³-hybridized carbons (Fsp3) is 0.267. The molecule has 0 saturated heterocycles. The van der Waals surface area contributed by atoms with Gasteiger partial charge in [-0.3, -0.25) is 10.1 Å². The molecule has 0 bridgehead atoms. The zero-order chi connectivity index (χ0) is 16.4. The molecular weight excluding hydrogens is 411 g/mol. The van der Waals surface area contributed by atoms with Gasteiger partial charge in [-0.1, -0.05) is 12.7 Å². The summed E-state index contributed by atoms with van der Waals surface area (Å²) in [4.78, 5) is 16.0. The van der Waals surface area contributed by atoms with Gasteiger partial charge in [0.1, 0.15) is 12.9 Å². The Morgan fingerprint density at radius 1 is 1.57 bits per heavy atom. The monoisotopic (exact) mass is 426 g/mol. The van der Waals surface area contributed by atoms with Crippen LogP contribution in [0.15, 0.2) is 31.1 Å². The quantitative estimate of drug-likeness (QED) is 0.587. The number of methoxy groups -OCH3 is 1. The minimum atomic E-state index is -0.225.